The summed E-state index contributed by atoms with van der Waals surface area (Å²) >= 11 is 0. The van der Waals surface area contributed by atoms with E-state index < -0.39 is 11.9 Å². The molecule has 1 aliphatic rings. The Bertz CT molecular complexity index is 411. The van der Waals surface area contributed by atoms with E-state index in [1.54, 1.807) is 0 Å². The van der Waals surface area contributed by atoms with Gasteiger partial charge in [0.1, 0.15) is 5.82 Å². The van der Waals surface area contributed by atoms with Crippen LogP contribution >= 0.6 is 0 Å². The molecule has 5 heteroatoms. The van der Waals surface area contributed by atoms with Crippen LogP contribution in [0.25, 0.3) is 0 Å². The molecule has 0 aliphatic heterocycles. The lowest BCUT2D eigenvalue weighted by atomic mass is 9.92. The molecule has 1 aliphatic carbocycles. The fourth-order valence-corrected chi connectivity index (χ4v) is 2.07. The Morgan fingerprint density at radius 1 is 1.41 bits per heavy atom. The first-order valence-electron chi connectivity index (χ1n) is 5.76. The fourth-order valence-electron chi connectivity index (χ4n) is 2.07. The number of carbonyl (C=O) groups excluding carboxylic acids is 1. The Hall–Kier alpha value is -1.49. The maximum Gasteiger partial charge on any atom is 0.253 e. The summed E-state index contributed by atoms with van der Waals surface area (Å²) in [5.41, 5.74) is 0.183. The van der Waals surface area contributed by atoms with Crippen molar-refractivity contribution in [2.75, 3.05) is 0 Å². The average Bonchev–Trinajstić information content (AvgIpc) is 2.32. The molecule has 0 saturated heterocycles. The van der Waals surface area contributed by atoms with Crippen molar-refractivity contribution < 1.29 is 14.3 Å². The van der Waals surface area contributed by atoms with Crippen LogP contribution in [-0.2, 0) is 0 Å². The Morgan fingerprint density at radius 3 is 2.88 bits per heavy atom. The zero-order chi connectivity index (χ0) is 12.3. The highest BCUT2D eigenvalue weighted by Crippen LogP contribution is 2.18. The van der Waals surface area contributed by atoms with Crippen LogP contribution in [0, 0.1) is 5.82 Å². The first-order valence-corrected chi connectivity index (χ1v) is 5.76. The molecule has 1 saturated carbocycles. The minimum absolute atomic E-state index is 0.183. The molecule has 2 N–H and O–H groups in total. The van der Waals surface area contributed by atoms with Crippen LogP contribution < -0.4 is 5.32 Å². The summed E-state index contributed by atoms with van der Waals surface area (Å²) in [4.78, 5) is 15.4. The molecular formula is C12H15FN2O2. The maximum atomic E-state index is 12.9. The zero-order valence-corrected chi connectivity index (χ0v) is 9.40. The minimum Gasteiger partial charge on any atom is -0.391 e. The van der Waals surface area contributed by atoms with Gasteiger partial charge in [-0.2, -0.15) is 0 Å². The standard InChI is InChI=1S/C12H15FN2O2/c13-9-5-8(6-14-7-9)12(17)15-10-3-1-2-4-11(10)16/h5-7,10-11,16H,1-4H2,(H,15,17)/t10-,11-/m1/s1. The molecule has 17 heavy (non-hydrogen) atoms. The molecule has 4 nitrogen and oxygen atoms in total. The van der Waals surface area contributed by atoms with Crippen LogP contribution in [0.1, 0.15) is 36.0 Å². The second kappa shape index (κ2) is 5.23. The molecule has 0 radical (unpaired) electrons. The van der Waals surface area contributed by atoms with Crippen LogP contribution in [0.2, 0.25) is 0 Å². The molecule has 92 valence electrons. The van der Waals surface area contributed by atoms with Gasteiger partial charge in [-0.05, 0) is 18.9 Å². The molecular weight excluding hydrogens is 223 g/mol. The highest BCUT2D eigenvalue weighted by molar-refractivity contribution is 5.94. The average molecular weight is 238 g/mol. The summed E-state index contributed by atoms with van der Waals surface area (Å²) in [6.07, 6.45) is 5.29. The highest BCUT2D eigenvalue weighted by atomic mass is 19.1. The summed E-state index contributed by atoms with van der Waals surface area (Å²) in [5.74, 6) is -0.926. The van der Waals surface area contributed by atoms with Crippen LogP contribution in [0.4, 0.5) is 4.39 Å². The van der Waals surface area contributed by atoms with E-state index in [1.807, 2.05) is 0 Å². The number of aromatic nitrogens is 1. The van der Waals surface area contributed by atoms with Gasteiger partial charge in [0, 0.05) is 6.20 Å². The normalized spacial score (nSPS) is 24.4. The molecule has 2 rings (SSSR count). The molecule has 1 fully saturated rings. The smallest absolute Gasteiger partial charge is 0.253 e. The number of amides is 1. The first kappa shape index (κ1) is 12.0. The van der Waals surface area contributed by atoms with Crippen molar-refractivity contribution in [3.8, 4) is 0 Å². The fraction of sp³-hybridized carbons (Fsp3) is 0.500. The number of hydrogen-bond acceptors (Lipinski definition) is 3. The van der Waals surface area contributed by atoms with Crippen molar-refractivity contribution in [1.29, 1.82) is 0 Å². The second-order valence-corrected chi connectivity index (χ2v) is 4.32. The molecule has 1 amide bonds. The van der Waals surface area contributed by atoms with Gasteiger partial charge in [-0.15, -0.1) is 0 Å². The lowest BCUT2D eigenvalue weighted by molar-refractivity contribution is 0.0716. The SMILES string of the molecule is O=C(N[C@@H]1CCCC[C@H]1O)c1cncc(F)c1. The number of rotatable bonds is 2. The number of hydrogen-bond donors (Lipinski definition) is 2. The van der Waals surface area contributed by atoms with Crippen molar-refractivity contribution in [2.24, 2.45) is 0 Å². The van der Waals surface area contributed by atoms with E-state index in [0.29, 0.717) is 6.42 Å². The van der Waals surface area contributed by atoms with Gasteiger partial charge in [0.2, 0.25) is 0 Å². The molecule has 0 unspecified atom stereocenters. The molecule has 0 bridgehead atoms. The molecule has 1 aromatic rings. The van der Waals surface area contributed by atoms with Gasteiger partial charge in [0.15, 0.2) is 0 Å². The number of aliphatic hydroxyl groups is 1. The molecule has 1 heterocycles. The quantitative estimate of drug-likeness (QED) is 0.815. The third-order valence-corrected chi connectivity index (χ3v) is 3.01. The van der Waals surface area contributed by atoms with Gasteiger partial charge in [0.05, 0.1) is 23.9 Å². The zero-order valence-electron chi connectivity index (χ0n) is 9.40. The van der Waals surface area contributed by atoms with E-state index >= 15 is 0 Å². The monoisotopic (exact) mass is 238 g/mol. The van der Waals surface area contributed by atoms with E-state index in [4.69, 9.17) is 0 Å². The van der Waals surface area contributed by atoms with Gasteiger partial charge in [-0.1, -0.05) is 12.8 Å². The Morgan fingerprint density at radius 2 is 2.18 bits per heavy atom. The minimum atomic E-state index is -0.540. The van der Waals surface area contributed by atoms with Crippen molar-refractivity contribution in [2.45, 2.75) is 37.8 Å². The van der Waals surface area contributed by atoms with E-state index in [-0.39, 0.29) is 17.5 Å². The van der Waals surface area contributed by atoms with Gasteiger partial charge >= 0.3 is 0 Å². The van der Waals surface area contributed by atoms with Crippen LogP contribution in [-0.4, -0.2) is 28.1 Å². The second-order valence-electron chi connectivity index (χ2n) is 4.32. The Balaban J connectivity index is 2.01. The van der Waals surface area contributed by atoms with Gasteiger partial charge < -0.3 is 10.4 Å². The summed E-state index contributed by atoms with van der Waals surface area (Å²) in [5, 5.41) is 12.4. The summed E-state index contributed by atoms with van der Waals surface area (Å²) in [6, 6.07) is 0.900. The third kappa shape index (κ3) is 3.00. The maximum absolute atomic E-state index is 12.9. The topological polar surface area (TPSA) is 62.2 Å². The van der Waals surface area contributed by atoms with E-state index in [1.165, 1.54) is 6.20 Å². The Kier molecular flexibility index (Phi) is 3.68. The summed E-state index contributed by atoms with van der Waals surface area (Å²) < 4.78 is 12.9. The lowest BCUT2D eigenvalue weighted by Gasteiger charge is -2.28. The number of pyridine rings is 1. The molecule has 2 atom stereocenters. The van der Waals surface area contributed by atoms with Crippen LogP contribution in [0.3, 0.4) is 0 Å². The predicted octanol–water partition coefficient (Wildman–Crippen LogP) is 1.25. The predicted molar refractivity (Wildman–Crippen MR) is 59.9 cm³/mol. The van der Waals surface area contributed by atoms with E-state index in [2.05, 4.69) is 10.3 Å². The number of nitrogens with zero attached hydrogens (tertiary/aromatic N) is 1. The van der Waals surface area contributed by atoms with Crippen molar-refractivity contribution >= 4 is 5.91 Å². The van der Waals surface area contributed by atoms with E-state index in [9.17, 15) is 14.3 Å². The van der Waals surface area contributed by atoms with Crippen molar-refractivity contribution in [3.05, 3.63) is 29.8 Å². The van der Waals surface area contributed by atoms with Crippen LogP contribution in [0.5, 0.6) is 0 Å². The summed E-state index contributed by atoms with van der Waals surface area (Å²) in [7, 11) is 0. The highest BCUT2D eigenvalue weighted by Gasteiger charge is 2.24. The number of halogens is 1. The number of aliphatic hydroxyl groups excluding tert-OH is 1. The van der Waals surface area contributed by atoms with Gasteiger partial charge in [0.25, 0.3) is 5.91 Å². The largest absolute Gasteiger partial charge is 0.391 e. The molecule has 1 aromatic heterocycles. The lowest BCUT2D eigenvalue weighted by Crippen LogP contribution is -2.45. The first-order chi connectivity index (χ1) is 8.16. The van der Waals surface area contributed by atoms with E-state index in [0.717, 1.165) is 31.5 Å². The van der Waals surface area contributed by atoms with Gasteiger partial charge in [-0.3, -0.25) is 9.78 Å². The molecule has 0 spiro atoms. The van der Waals surface area contributed by atoms with Gasteiger partial charge in [-0.25, -0.2) is 4.39 Å². The van der Waals surface area contributed by atoms with Crippen LogP contribution in [0.15, 0.2) is 18.5 Å². The van der Waals surface area contributed by atoms with Crippen molar-refractivity contribution in [3.63, 3.8) is 0 Å². The third-order valence-electron chi connectivity index (χ3n) is 3.01. The molecule has 0 aromatic carbocycles. The summed E-state index contributed by atoms with van der Waals surface area (Å²) in [6.45, 7) is 0. The Labute approximate surface area is 98.9 Å². The van der Waals surface area contributed by atoms with Crippen molar-refractivity contribution in [1.82, 2.24) is 10.3 Å². The number of carbonyl (C=O) groups is 1. The number of nitrogens with one attached hydrogen (secondary N) is 1.